The summed E-state index contributed by atoms with van der Waals surface area (Å²) in [5, 5.41) is 2.43. The molecule has 33 heavy (non-hydrogen) atoms. The van der Waals surface area contributed by atoms with Crippen molar-refractivity contribution in [2.45, 2.75) is 37.8 Å². The molecule has 0 bridgehead atoms. The maximum absolute atomic E-state index is 12.4. The van der Waals surface area contributed by atoms with Gasteiger partial charge in [0.25, 0.3) is 5.91 Å². The monoisotopic (exact) mass is 478 g/mol. The van der Waals surface area contributed by atoms with Gasteiger partial charge in [0.2, 0.25) is 5.91 Å². The summed E-state index contributed by atoms with van der Waals surface area (Å²) in [6.45, 7) is -0.151. The third kappa shape index (κ3) is 9.71. The van der Waals surface area contributed by atoms with Gasteiger partial charge in [-0.05, 0) is 48.4 Å². The van der Waals surface area contributed by atoms with Crippen LogP contribution in [0.4, 0.5) is 26.3 Å². The molecular formula is C21H20F6N2O4. The average molecular weight is 478 g/mol. The van der Waals surface area contributed by atoms with Crippen molar-refractivity contribution in [1.82, 2.24) is 5.32 Å². The van der Waals surface area contributed by atoms with Gasteiger partial charge in [-0.1, -0.05) is 12.1 Å². The predicted molar refractivity (Wildman–Crippen MR) is 105 cm³/mol. The highest BCUT2D eigenvalue weighted by Gasteiger charge is 2.31. The molecule has 0 radical (unpaired) electrons. The molecule has 1 atom stereocenters. The van der Waals surface area contributed by atoms with E-state index in [9.17, 15) is 35.9 Å². The summed E-state index contributed by atoms with van der Waals surface area (Å²) >= 11 is 0. The molecule has 0 aliphatic carbocycles. The van der Waals surface area contributed by atoms with Crippen LogP contribution >= 0.6 is 0 Å². The van der Waals surface area contributed by atoms with Crippen molar-refractivity contribution < 1.29 is 45.4 Å². The molecule has 0 fully saturated rings. The van der Waals surface area contributed by atoms with E-state index in [2.05, 4.69) is 10.1 Å². The second kappa shape index (κ2) is 10.9. The minimum Gasteiger partial charge on any atom is -0.494 e. The molecule has 6 nitrogen and oxygen atoms in total. The second-order valence-electron chi connectivity index (χ2n) is 6.92. The minimum absolute atomic E-state index is 0.0756. The molecule has 2 amide bonds. The van der Waals surface area contributed by atoms with Crippen LogP contribution in [0.2, 0.25) is 0 Å². The van der Waals surface area contributed by atoms with Crippen LogP contribution in [-0.4, -0.2) is 37.0 Å². The Morgan fingerprint density at radius 2 is 1.48 bits per heavy atom. The molecule has 1 unspecified atom stereocenters. The zero-order valence-electron chi connectivity index (χ0n) is 17.0. The van der Waals surface area contributed by atoms with Crippen molar-refractivity contribution in [3.8, 4) is 11.5 Å². The summed E-state index contributed by atoms with van der Waals surface area (Å²) in [7, 11) is 0. The number of alkyl halides is 6. The zero-order valence-corrected chi connectivity index (χ0v) is 17.0. The summed E-state index contributed by atoms with van der Waals surface area (Å²) in [5.41, 5.74) is 5.88. The summed E-state index contributed by atoms with van der Waals surface area (Å²) in [4.78, 5) is 24.1. The lowest BCUT2D eigenvalue weighted by Crippen LogP contribution is -2.45. The van der Waals surface area contributed by atoms with Crippen molar-refractivity contribution in [1.29, 1.82) is 0 Å². The fraction of sp³-hybridized carbons (Fsp3) is 0.333. The minimum atomic E-state index is -4.84. The van der Waals surface area contributed by atoms with Crippen LogP contribution in [0.5, 0.6) is 11.5 Å². The molecule has 0 saturated carbocycles. The quantitative estimate of drug-likeness (QED) is 0.397. The Morgan fingerprint density at radius 3 is 2.00 bits per heavy atom. The standard InChI is InChI=1S/C21H20F6N2O4/c22-20(23,24)10-1-11-32-15-8-4-14(5-9-15)19(31)29-17(18(28)30)12-13-2-6-16(7-3-13)33-21(25,26)27/h2-9,17H,1,10-12H2,(H2,28,30)(H,29,31). The van der Waals surface area contributed by atoms with E-state index in [-0.39, 0.29) is 30.8 Å². The summed E-state index contributed by atoms with van der Waals surface area (Å²) in [6.07, 6.45) is -10.4. The van der Waals surface area contributed by atoms with E-state index in [1.54, 1.807) is 0 Å². The molecule has 2 aromatic rings. The van der Waals surface area contributed by atoms with E-state index in [0.717, 1.165) is 12.1 Å². The Labute approximate surface area is 184 Å². The van der Waals surface area contributed by atoms with Gasteiger partial charge in [0.1, 0.15) is 17.5 Å². The first kappa shape index (κ1) is 25.8. The molecule has 12 heteroatoms. The highest BCUT2D eigenvalue weighted by molar-refractivity contribution is 5.97. The number of nitrogens with two attached hydrogens (primary N) is 1. The molecule has 0 heterocycles. The SMILES string of the molecule is NC(=O)C(Cc1ccc(OC(F)(F)F)cc1)NC(=O)c1ccc(OCCCC(F)(F)F)cc1. The van der Waals surface area contributed by atoms with E-state index in [0.29, 0.717) is 5.56 Å². The number of halogens is 6. The Hall–Kier alpha value is -3.44. The number of amides is 2. The fourth-order valence-electron chi connectivity index (χ4n) is 2.69. The predicted octanol–water partition coefficient (Wildman–Crippen LogP) is 4.13. The Bertz CT molecular complexity index is 928. The topological polar surface area (TPSA) is 90.7 Å². The van der Waals surface area contributed by atoms with E-state index >= 15 is 0 Å². The number of benzene rings is 2. The fourth-order valence-corrected chi connectivity index (χ4v) is 2.69. The number of primary amides is 1. The molecule has 0 aromatic heterocycles. The third-order valence-corrected chi connectivity index (χ3v) is 4.24. The summed E-state index contributed by atoms with van der Waals surface area (Å²) < 4.78 is 82.0. The van der Waals surface area contributed by atoms with Crippen LogP contribution in [0.1, 0.15) is 28.8 Å². The van der Waals surface area contributed by atoms with Gasteiger partial charge in [-0.15, -0.1) is 13.2 Å². The van der Waals surface area contributed by atoms with Gasteiger partial charge >= 0.3 is 12.5 Å². The van der Waals surface area contributed by atoms with E-state index < -0.39 is 42.6 Å². The van der Waals surface area contributed by atoms with Gasteiger partial charge in [-0.3, -0.25) is 9.59 Å². The first-order valence-corrected chi connectivity index (χ1v) is 9.57. The van der Waals surface area contributed by atoms with E-state index in [1.165, 1.54) is 36.4 Å². The van der Waals surface area contributed by atoms with Gasteiger partial charge < -0.3 is 20.5 Å². The number of hydrogen-bond donors (Lipinski definition) is 2. The molecule has 180 valence electrons. The van der Waals surface area contributed by atoms with E-state index in [4.69, 9.17) is 10.5 Å². The van der Waals surface area contributed by atoms with Gasteiger partial charge in [0.15, 0.2) is 0 Å². The summed E-state index contributed by atoms with van der Waals surface area (Å²) in [5.74, 6) is -1.68. The second-order valence-corrected chi connectivity index (χ2v) is 6.92. The lowest BCUT2D eigenvalue weighted by atomic mass is 10.0. The number of carbonyl (C=O) groups excluding carboxylic acids is 2. The van der Waals surface area contributed by atoms with Crippen LogP contribution in [0.15, 0.2) is 48.5 Å². The number of rotatable bonds is 10. The normalized spacial score (nSPS) is 12.7. The van der Waals surface area contributed by atoms with Crippen LogP contribution < -0.4 is 20.5 Å². The van der Waals surface area contributed by atoms with Crippen LogP contribution in [0.25, 0.3) is 0 Å². The van der Waals surface area contributed by atoms with Crippen molar-refractivity contribution in [2.75, 3.05) is 6.61 Å². The van der Waals surface area contributed by atoms with Crippen molar-refractivity contribution in [2.24, 2.45) is 5.73 Å². The first-order valence-electron chi connectivity index (χ1n) is 9.57. The molecule has 3 N–H and O–H groups in total. The zero-order chi connectivity index (χ0) is 24.6. The van der Waals surface area contributed by atoms with Gasteiger partial charge in [0.05, 0.1) is 6.61 Å². The van der Waals surface area contributed by atoms with Gasteiger partial charge in [0, 0.05) is 18.4 Å². The molecule has 0 aliphatic rings. The lowest BCUT2D eigenvalue weighted by molar-refractivity contribution is -0.274. The Balaban J connectivity index is 1.92. The molecule has 0 spiro atoms. The smallest absolute Gasteiger partial charge is 0.494 e. The highest BCUT2D eigenvalue weighted by atomic mass is 19.4. The van der Waals surface area contributed by atoms with E-state index in [1.807, 2.05) is 0 Å². The molecule has 0 saturated heterocycles. The van der Waals surface area contributed by atoms with Crippen molar-refractivity contribution in [3.63, 3.8) is 0 Å². The Morgan fingerprint density at radius 1 is 0.909 bits per heavy atom. The molecular weight excluding hydrogens is 458 g/mol. The molecule has 2 aromatic carbocycles. The summed E-state index contributed by atoms with van der Waals surface area (Å²) in [6, 6.07) is 9.08. The van der Waals surface area contributed by atoms with Crippen molar-refractivity contribution >= 4 is 11.8 Å². The van der Waals surface area contributed by atoms with Crippen molar-refractivity contribution in [3.05, 3.63) is 59.7 Å². The Kier molecular flexibility index (Phi) is 8.55. The number of ether oxygens (including phenoxy) is 2. The first-order chi connectivity index (χ1) is 15.3. The molecule has 2 rings (SSSR count). The average Bonchev–Trinajstić information content (AvgIpc) is 2.70. The number of nitrogens with one attached hydrogen (secondary N) is 1. The largest absolute Gasteiger partial charge is 0.573 e. The highest BCUT2D eigenvalue weighted by Crippen LogP contribution is 2.23. The van der Waals surface area contributed by atoms with Gasteiger partial charge in [-0.2, -0.15) is 13.2 Å². The van der Waals surface area contributed by atoms with Crippen LogP contribution in [0.3, 0.4) is 0 Å². The number of hydrogen-bond acceptors (Lipinski definition) is 4. The van der Waals surface area contributed by atoms with Crippen LogP contribution in [-0.2, 0) is 11.2 Å². The maximum Gasteiger partial charge on any atom is 0.573 e. The van der Waals surface area contributed by atoms with Crippen LogP contribution in [0, 0.1) is 0 Å². The lowest BCUT2D eigenvalue weighted by Gasteiger charge is -2.16. The molecule has 0 aliphatic heterocycles. The third-order valence-electron chi connectivity index (χ3n) is 4.24. The van der Waals surface area contributed by atoms with Gasteiger partial charge in [-0.25, -0.2) is 0 Å². The number of carbonyl (C=O) groups is 2. The maximum atomic E-state index is 12.4.